The van der Waals surface area contributed by atoms with Gasteiger partial charge in [-0.15, -0.1) is 0 Å². The quantitative estimate of drug-likeness (QED) is 0.652. The van der Waals surface area contributed by atoms with Crippen molar-refractivity contribution < 1.29 is 9.57 Å². The Morgan fingerprint density at radius 3 is 2.68 bits per heavy atom. The average Bonchev–Trinajstić information content (AvgIpc) is 2.74. The molecule has 4 rings (SSSR count). The third-order valence-electron chi connectivity index (χ3n) is 4.83. The Morgan fingerprint density at radius 1 is 1.11 bits per heavy atom. The van der Waals surface area contributed by atoms with Gasteiger partial charge in [-0.05, 0) is 30.3 Å². The maximum atomic E-state index is 12.8. The molecule has 8 nitrogen and oxygen atoms in total. The van der Waals surface area contributed by atoms with Gasteiger partial charge in [0.15, 0.2) is 0 Å². The Labute approximate surface area is 162 Å². The molecule has 0 amide bonds. The molecule has 28 heavy (non-hydrogen) atoms. The number of benzene rings is 1. The number of anilines is 2. The number of ether oxygens (including phenoxy) is 1. The Hall–Kier alpha value is -3.10. The first-order chi connectivity index (χ1) is 13.7. The fourth-order valence-corrected chi connectivity index (χ4v) is 3.41. The maximum Gasteiger partial charge on any atom is 0.258 e. The predicted molar refractivity (Wildman–Crippen MR) is 109 cm³/mol. The van der Waals surface area contributed by atoms with Crippen LogP contribution in [0, 0.1) is 0 Å². The number of aromatic nitrogens is 2. The van der Waals surface area contributed by atoms with Gasteiger partial charge in [0.25, 0.3) is 5.56 Å². The lowest BCUT2D eigenvalue weighted by Gasteiger charge is -2.29. The van der Waals surface area contributed by atoms with Crippen LogP contribution in [0.1, 0.15) is 0 Å². The number of nitrogens with one attached hydrogen (secondary N) is 2. The number of piperazine rings is 1. The largest absolute Gasteiger partial charge is 0.495 e. The zero-order chi connectivity index (χ0) is 19.5. The molecule has 1 aliphatic rings. The molecule has 0 radical (unpaired) electrons. The van der Waals surface area contributed by atoms with Crippen molar-refractivity contribution in [1.29, 1.82) is 0 Å². The zero-order valence-electron chi connectivity index (χ0n) is 15.9. The van der Waals surface area contributed by atoms with Gasteiger partial charge in [0.1, 0.15) is 17.1 Å². The highest BCUT2D eigenvalue weighted by atomic mass is 16.6. The van der Waals surface area contributed by atoms with Crippen LogP contribution in [-0.4, -0.2) is 49.8 Å². The van der Waals surface area contributed by atoms with Crippen molar-refractivity contribution in [1.82, 2.24) is 14.7 Å². The van der Waals surface area contributed by atoms with Crippen LogP contribution in [0.3, 0.4) is 0 Å². The van der Waals surface area contributed by atoms with Gasteiger partial charge in [-0.2, -0.15) is 0 Å². The molecule has 0 unspecified atom stereocenters. The number of hydrogen-bond acceptors (Lipinski definition) is 7. The van der Waals surface area contributed by atoms with Gasteiger partial charge < -0.3 is 15.0 Å². The van der Waals surface area contributed by atoms with Gasteiger partial charge in [0.05, 0.1) is 25.6 Å². The van der Waals surface area contributed by atoms with E-state index in [1.54, 1.807) is 17.6 Å². The first-order valence-corrected chi connectivity index (χ1v) is 9.16. The van der Waals surface area contributed by atoms with Gasteiger partial charge in [-0.25, -0.2) is 4.98 Å². The van der Waals surface area contributed by atoms with Crippen LogP contribution >= 0.6 is 0 Å². The van der Waals surface area contributed by atoms with E-state index in [1.807, 2.05) is 36.5 Å². The summed E-state index contributed by atoms with van der Waals surface area (Å²) in [7, 11) is 3.12. The fraction of sp³-hybridized carbons (Fsp3) is 0.300. The second kappa shape index (κ2) is 7.87. The van der Waals surface area contributed by atoms with Gasteiger partial charge in [-0.1, -0.05) is 0 Å². The van der Waals surface area contributed by atoms with Crippen molar-refractivity contribution in [2.24, 2.45) is 0 Å². The number of methoxy groups -OCH3 is 1. The number of rotatable bonds is 5. The zero-order valence-corrected chi connectivity index (χ0v) is 15.9. The molecule has 1 aromatic carbocycles. The molecule has 2 aromatic heterocycles. The maximum absolute atomic E-state index is 12.8. The summed E-state index contributed by atoms with van der Waals surface area (Å²) in [5.74, 6) is 0.642. The van der Waals surface area contributed by atoms with Crippen molar-refractivity contribution in [3.8, 4) is 17.0 Å². The first kappa shape index (κ1) is 18.3. The molecule has 1 aliphatic heterocycles. The summed E-state index contributed by atoms with van der Waals surface area (Å²) in [6, 6.07) is 11.0. The molecule has 2 N–H and O–H groups in total. The minimum Gasteiger partial charge on any atom is -0.495 e. The SMILES string of the molecule is CONc1cc(-c2cc(=O)n3cc(N4CCNCC4)ccc3n2)ccc1OC. The summed E-state index contributed by atoms with van der Waals surface area (Å²) in [6.07, 6.45) is 1.87. The van der Waals surface area contributed by atoms with Crippen molar-refractivity contribution in [2.75, 3.05) is 50.8 Å². The third-order valence-corrected chi connectivity index (χ3v) is 4.83. The number of nitrogens with zero attached hydrogens (tertiary/aromatic N) is 3. The predicted octanol–water partition coefficient (Wildman–Crippen LogP) is 1.75. The Morgan fingerprint density at radius 2 is 1.93 bits per heavy atom. The van der Waals surface area contributed by atoms with Crippen LogP contribution in [0.5, 0.6) is 5.75 Å². The van der Waals surface area contributed by atoms with Crippen molar-refractivity contribution in [2.45, 2.75) is 0 Å². The summed E-state index contributed by atoms with van der Waals surface area (Å²) in [5, 5.41) is 3.33. The Balaban J connectivity index is 1.73. The highest BCUT2D eigenvalue weighted by Gasteiger charge is 2.13. The second-order valence-electron chi connectivity index (χ2n) is 6.55. The number of fused-ring (bicyclic) bond motifs is 1. The molecule has 3 heterocycles. The topological polar surface area (TPSA) is 80.1 Å². The minimum atomic E-state index is -0.117. The smallest absolute Gasteiger partial charge is 0.258 e. The molecule has 0 spiro atoms. The van der Waals surface area contributed by atoms with Gasteiger partial charge in [-0.3, -0.25) is 19.5 Å². The molecule has 0 aliphatic carbocycles. The third kappa shape index (κ3) is 3.51. The number of pyridine rings is 1. The van der Waals surface area contributed by atoms with E-state index >= 15 is 0 Å². The molecule has 8 heteroatoms. The van der Waals surface area contributed by atoms with Gasteiger partial charge in [0.2, 0.25) is 0 Å². The van der Waals surface area contributed by atoms with Crippen LogP contribution in [0.25, 0.3) is 16.9 Å². The molecule has 0 saturated carbocycles. The second-order valence-corrected chi connectivity index (χ2v) is 6.55. The van der Waals surface area contributed by atoms with Crippen LogP contribution in [0.2, 0.25) is 0 Å². The highest BCUT2D eigenvalue weighted by molar-refractivity contribution is 5.70. The van der Waals surface area contributed by atoms with E-state index in [1.165, 1.54) is 7.11 Å². The molecular weight excluding hydrogens is 358 g/mol. The Bertz CT molecular complexity index is 1040. The van der Waals surface area contributed by atoms with E-state index in [-0.39, 0.29) is 5.56 Å². The molecule has 0 atom stereocenters. The fourth-order valence-electron chi connectivity index (χ4n) is 3.41. The molecular formula is C20H23N5O3. The van der Waals surface area contributed by atoms with Crippen molar-refractivity contribution in [3.05, 3.63) is 52.9 Å². The van der Waals surface area contributed by atoms with E-state index in [0.29, 0.717) is 22.8 Å². The van der Waals surface area contributed by atoms with E-state index in [0.717, 1.165) is 37.4 Å². The van der Waals surface area contributed by atoms with E-state index < -0.39 is 0 Å². The minimum absolute atomic E-state index is 0.117. The summed E-state index contributed by atoms with van der Waals surface area (Å²) >= 11 is 0. The monoisotopic (exact) mass is 381 g/mol. The van der Waals surface area contributed by atoms with E-state index in [2.05, 4.69) is 20.7 Å². The van der Waals surface area contributed by atoms with Crippen LogP contribution < -0.4 is 26.0 Å². The molecule has 1 saturated heterocycles. The molecule has 3 aromatic rings. The van der Waals surface area contributed by atoms with E-state index in [4.69, 9.17) is 9.57 Å². The first-order valence-electron chi connectivity index (χ1n) is 9.16. The normalized spacial score (nSPS) is 14.3. The molecule has 1 fully saturated rings. The number of hydrogen-bond donors (Lipinski definition) is 2. The van der Waals surface area contributed by atoms with Crippen LogP contribution in [-0.2, 0) is 4.84 Å². The summed E-state index contributed by atoms with van der Waals surface area (Å²) < 4.78 is 6.91. The molecule has 0 bridgehead atoms. The van der Waals surface area contributed by atoms with Crippen LogP contribution in [0.15, 0.2) is 47.4 Å². The summed E-state index contributed by atoms with van der Waals surface area (Å²) in [6.45, 7) is 3.73. The molecule has 146 valence electrons. The average molecular weight is 381 g/mol. The lowest BCUT2D eigenvalue weighted by Crippen LogP contribution is -2.43. The van der Waals surface area contributed by atoms with Crippen molar-refractivity contribution in [3.63, 3.8) is 0 Å². The Kier molecular flexibility index (Phi) is 5.14. The summed E-state index contributed by atoms with van der Waals surface area (Å²) in [5.41, 5.74) is 6.37. The van der Waals surface area contributed by atoms with E-state index in [9.17, 15) is 4.79 Å². The lowest BCUT2D eigenvalue weighted by atomic mass is 10.1. The van der Waals surface area contributed by atoms with Gasteiger partial charge in [0, 0.05) is 44.0 Å². The standard InChI is InChI=1S/C20H23N5O3/c1-27-18-5-3-14(11-17(18)23-28-2)16-12-20(26)25-13-15(4-6-19(25)22-16)24-9-7-21-8-10-24/h3-6,11-13,21,23H,7-10H2,1-2H3. The highest BCUT2D eigenvalue weighted by Crippen LogP contribution is 2.29. The summed E-state index contributed by atoms with van der Waals surface area (Å²) in [4.78, 5) is 24.7. The lowest BCUT2D eigenvalue weighted by molar-refractivity contribution is 0.268. The van der Waals surface area contributed by atoms with Crippen LogP contribution in [0.4, 0.5) is 11.4 Å². The van der Waals surface area contributed by atoms with Gasteiger partial charge >= 0.3 is 0 Å². The van der Waals surface area contributed by atoms with Crippen molar-refractivity contribution >= 4 is 17.0 Å².